The van der Waals surface area contributed by atoms with Crippen LogP contribution in [0.3, 0.4) is 0 Å². The van der Waals surface area contributed by atoms with Gasteiger partial charge in [-0.05, 0) is 6.07 Å². The Kier molecular flexibility index (Phi) is 4.84. The van der Waals surface area contributed by atoms with Crippen LogP contribution in [0.1, 0.15) is 0 Å². The minimum atomic E-state index is -5.24. The molecule has 1 rings (SSSR count). The van der Waals surface area contributed by atoms with Crippen LogP contribution < -0.4 is 4.90 Å². The molecule has 0 N–H and O–H groups in total. The molecule has 0 saturated heterocycles. The van der Waals surface area contributed by atoms with Gasteiger partial charge in [-0.3, -0.25) is 24.6 Å². The second-order valence-electron chi connectivity index (χ2n) is 3.74. The number of rotatable bonds is 4. The summed E-state index contributed by atoms with van der Waals surface area (Å²) < 4.78 is 41.8. The first-order chi connectivity index (χ1) is 9.66. The minimum absolute atomic E-state index is 0.0683. The van der Waals surface area contributed by atoms with E-state index in [0.29, 0.717) is 0 Å². The van der Waals surface area contributed by atoms with Crippen molar-refractivity contribution in [1.82, 2.24) is 0 Å². The van der Waals surface area contributed by atoms with Crippen molar-refractivity contribution < 1.29 is 32.4 Å². The molecule has 7 nitrogen and oxygen atoms in total. The van der Waals surface area contributed by atoms with Crippen molar-refractivity contribution in [3.63, 3.8) is 0 Å². The van der Waals surface area contributed by atoms with Crippen LogP contribution in [0.5, 0.6) is 0 Å². The van der Waals surface area contributed by atoms with Crippen molar-refractivity contribution in [1.29, 1.82) is 0 Å². The van der Waals surface area contributed by atoms with Gasteiger partial charge in [0, 0.05) is 12.1 Å². The molecule has 1 aromatic carbocycles. The third kappa shape index (κ3) is 4.16. The normalized spacial score (nSPS) is 10.9. The first kappa shape index (κ1) is 16.4. The lowest BCUT2D eigenvalue weighted by Gasteiger charge is -2.22. The molecule has 0 aromatic heterocycles. The van der Waals surface area contributed by atoms with Crippen LogP contribution in [-0.2, 0) is 14.3 Å². The van der Waals surface area contributed by atoms with Crippen LogP contribution in [0.15, 0.2) is 24.3 Å². The zero-order valence-corrected chi connectivity index (χ0v) is 10.6. The Morgan fingerprint density at radius 2 is 2.00 bits per heavy atom. The number of non-ortho nitro benzene ring substituents is 1. The highest BCUT2D eigenvalue weighted by Crippen LogP contribution is 2.26. The Hall–Kier alpha value is -2.65. The van der Waals surface area contributed by atoms with Crippen LogP contribution in [-0.4, -0.2) is 36.6 Å². The molecule has 0 atom stereocenters. The zero-order valence-electron chi connectivity index (χ0n) is 10.6. The van der Waals surface area contributed by atoms with Crippen molar-refractivity contribution in [3.8, 4) is 0 Å². The second kappa shape index (κ2) is 6.20. The zero-order chi connectivity index (χ0) is 16.2. The molecule has 0 bridgehead atoms. The summed E-state index contributed by atoms with van der Waals surface area (Å²) in [4.78, 5) is 32.3. The van der Waals surface area contributed by atoms with Crippen LogP contribution in [0.2, 0.25) is 0 Å². The lowest BCUT2D eigenvalue weighted by molar-refractivity contribution is -0.384. The van der Waals surface area contributed by atoms with E-state index in [1.807, 2.05) is 0 Å². The van der Waals surface area contributed by atoms with Gasteiger partial charge in [0.2, 0.25) is 0 Å². The molecule has 0 aliphatic heterocycles. The lowest BCUT2D eigenvalue weighted by Crippen LogP contribution is -2.44. The number of methoxy groups -OCH3 is 1. The Bertz CT molecular complexity index is 573. The number of nitro groups is 1. The van der Waals surface area contributed by atoms with Gasteiger partial charge in [0.15, 0.2) is 0 Å². The van der Waals surface area contributed by atoms with E-state index in [2.05, 4.69) is 4.74 Å². The van der Waals surface area contributed by atoms with Gasteiger partial charge in [0.25, 0.3) is 5.69 Å². The standard InChI is InChI=1S/C11H9F3N2O5/c1-21-9(17)6-15(10(18)11(12,13)14)7-3-2-4-8(5-7)16(19)20/h2-5H,6H2,1H3. The second-order valence-corrected chi connectivity index (χ2v) is 3.74. The van der Waals surface area contributed by atoms with Crippen molar-refractivity contribution in [2.24, 2.45) is 0 Å². The molecule has 0 aliphatic carbocycles. The summed E-state index contributed by atoms with van der Waals surface area (Å²) >= 11 is 0. The molecule has 0 saturated carbocycles. The predicted octanol–water partition coefficient (Wildman–Crippen LogP) is 1.66. The van der Waals surface area contributed by atoms with Gasteiger partial charge in [0.05, 0.1) is 17.7 Å². The molecule has 114 valence electrons. The number of carbonyl (C=O) groups is 2. The van der Waals surface area contributed by atoms with Gasteiger partial charge in [0.1, 0.15) is 6.54 Å². The van der Waals surface area contributed by atoms with E-state index in [0.717, 1.165) is 31.4 Å². The fraction of sp³-hybridized carbons (Fsp3) is 0.273. The maximum atomic E-state index is 12.5. The predicted molar refractivity (Wildman–Crippen MR) is 63.5 cm³/mol. The summed E-state index contributed by atoms with van der Waals surface area (Å²) in [5.74, 6) is -3.42. The number of benzene rings is 1. The van der Waals surface area contributed by atoms with E-state index in [9.17, 15) is 32.9 Å². The van der Waals surface area contributed by atoms with Crippen LogP contribution >= 0.6 is 0 Å². The average molecular weight is 306 g/mol. The smallest absolute Gasteiger partial charge is 0.468 e. The number of anilines is 1. The molecular weight excluding hydrogens is 297 g/mol. The quantitative estimate of drug-likeness (QED) is 0.479. The summed E-state index contributed by atoms with van der Waals surface area (Å²) in [6.07, 6.45) is -5.24. The number of halogens is 3. The molecule has 1 amide bonds. The van der Waals surface area contributed by atoms with E-state index < -0.39 is 40.9 Å². The highest BCUT2D eigenvalue weighted by Gasteiger charge is 2.44. The molecule has 21 heavy (non-hydrogen) atoms. The van der Waals surface area contributed by atoms with E-state index in [-0.39, 0.29) is 4.90 Å². The van der Waals surface area contributed by atoms with Crippen LogP contribution in [0.4, 0.5) is 24.5 Å². The number of hydrogen-bond donors (Lipinski definition) is 0. The Labute approximate surface area is 116 Å². The van der Waals surface area contributed by atoms with Crippen molar-refractivity contribution >= 4 is 23.3 Å². The van der Waals surface area contributed by atoms with Crippen LogP contribution in [0.25, 0.3) is 0 Å². The number of ether oxygens (including phenoxy) is 1. The van der Waals surface area contributed by atoms with Crippen molar-refractivity contribution in [3.05, 3.63) is 34.4 Å². The number of nitro benzene ring substituents is 1. The topological polar surface area (TPSA) is 89.8 Å². The number of nitrogens with zero attached hydrogens (tertiary/aromatic N) is 2. The highest BCUT2D eigenvalue weighted by atomic mass is 19.4. The monoisotopic (exact) mass is 306 g/mol. The molecule has 0 unspecified atom stereocenters. The maximum absolute atomic E-state index is 12.5. The lowest BCUT2D eigenvalue weighted by atomic mass is 10.2. The molecule has 0 fully saturated rings. The van der Waals surface area contributed by atoms with Crippen molar-refractivity contribution in [2.45, 2.75) is 6.18 Å². The molecule has 0 heterocycles. The van der Waals surface area contributed by atoms with Gasteiger partial charge < -0.3 is 4.74 Å². The number of carbonyl (C=O) groups excluding carboxylic acids is 2. The van der Waals surface area contributed by atoms with Gasteiger partial charge in [-0.15, -0.1) is 0 Å². The van der Waals surface area contributed by atoms with Gasteiger partial charge in [-0.2, -0.15) is 13.2 Å². The number of amides is 1. The van der Waals surface area contributed by atoms with E-state index in [4.69, 9.17) is 0 Å². The first-order valence-corrected chi connectivity index (χ1v) is 5.36. The summed E-state index contributed by atoms with van der Waals surface area (Å²) in [6.45, 7) is -1.02. The summed E-state index contributed by atoms with van der Waals surface area (Å²) in [7, 11) is 0.937. The molecule has 0 radical (unpaired) electrons. The molecule has 0 aliphatic rings. The van der Waals surface area contributed by atoms with Gasteiger partial charge in [-0.25, -0.2) is 0 Å². The summed E-state index contributed by atoms with van der Waals surface area (Å²) in [5.41, 5.74) is -0.950. The Balaban J connectivity index is 3.23. The number of esters is 1. The van der Waals surface area contributed by atoms with Crippen LogP contribution in [0, 0.1) is 10.1 Å². The average Bonchev–Trinajstić information content (AvgIpc) is 2.42. The fourth-order valence-corrected chi connectivity index (χ4v) is 1.40. The SMILES string of the molecule is COC(=O)CN(C(=O)C(F)(F)F)c1cccc([N+](=O)[O-])c1. The largest absolute Gasteiger partial charge is 0.471 e. The third-order valence-corrected chi connectivity index (χ3v) is 2.35. The van der Waals surface area contributed by atoms with E-state index >= 15 is 0 Å². The summed E-state index contributed by atoms with van der Waals surface area (Å²) in [6, 6.07) is 3.94. The molecule has 0 spiro atoms. The molecule has 10 heteroatoms. The summed E-state index contributed by atoms with van der Waals surface area (Å²) in [5, 5.41) is 10.6. The third-order valence-electron chi connectivity index (χ3n) is 2.35. The highest BCUT2D eigenvalue weighted by molar-refractivity contribution is 6.01. The van der Waals surface area contributed by atoms with E-state index in [1.165, 1.54) is 0 Å². The number of hydrogen-bond acceptors (Lipinski definition) is 5. The minimum Gasteiger partial charge on any atom is -0.468 e. The first-order valence-electron chi connectivity index (χ1n) is 5.36. The Morgan fingerprint density at radius 3 is 2.48 bits per heavy atom. The fourth-order valence-electron chi connectivity index (χ4n) is 1.40. The molecular formula is C11H9F3N2O5. The molecule has 1 aromatic rings. The van der Waals surface area contributed by atoms with Crippen molar-refractivity contribution in [2.75, 3.05) is 18.6 Å². The number of alkyl halides is 3. The maximum Gasteiger partial charge on any atom is 0.471 e. The Morgan fingerprint density at radius 1 is 1.38 bits per heavy atom. The van der Waals surface area contributed by atoms with E-state index in [1.54, 1.807) is 0 Å². The van der Waals surface area contributed by atoms with Gasteiger partial charge >= 0.3 is 18.1 Å². The van der Waals surface area contributed by atoms with Gasteiger partial charge in [-0.1, -0.05) is 6.07 Å².